The molecular weight excluding hydrogens is 342 g/mol. The predicted molar refractivity (Wildman–Crippen MR) is 69.1 cm³/mol. The van der Waals surface area contributed by atoms with E-state index in [9.17, 15) is 18.9 Å². The van der Waals surface area contributed by atoms with E-state index in [0.29, 0.717) is 10.5 Å². The van der Waals surface area contributed by atoms with E-state index in [1.807, 2.05) is 0 Å². The maximum Gasteiger partial charge on any atom is 0.302 e. The van der Waals surface area contributed by atoms with Crippen molar-refractivity contribution in [2.24, 2.45) is 0 Å². The van der Waals surface area contributed by atoms with Gasteiger partial charge in [-0.3, -0.25) is 10.1 Å². The summed E-state index contributed by atoms with van der Waals surface area (Å²) in [5.74, 6) is -1.50. The zero-order valence-electron chi connectivity index (χ0n) is 9.14. The van der Waals surface area contributed by atoms with Gasteiger partial charge in [0.1, 0.15) is 11.6 Å². The Bertz CT molecular complexity index is 655. The number of pyridine rings is 1. The Kier molecular flexibility index (Phi) is 4.11. The summed E-state index contributed by atoms with van der Waals surface area (Å²) in [4.78, 5) is 14.2. The second kappa shape index (κ2) is 5.62. The van der Waals surface area contributed by atoms with E-state index < -0.39 is 16.6 Å². The van der Waals surface area contributed by atoms with E-state index >= 15 is 0 Å². The molecular formula is C11H5BrF2N2O2S. The van der Waals surface area contributed by atoms with Gasteiger partial charge in [0.25, 0.3) is 0 Å². The van der Waals surface area contributed by atoms with Gasteiger partial charge in [-0.2, -0.15) is 0 Å². The second-order valence-corrected chi connectivity index (χ2v) is 5.36. The highest BCUT2D eigenvalue weighted by atomic mass is 79.9. The van der Waals surface area contributed by atoms with Crippen molar-refractivity contribution in [3.63, 3.8) is 0 Å². The van der Waals surface area contributed by atoms with Gasteiger partial charge in [0.15, 0.2) is 5.03 Å². The molecule has 98 valence electrons. The summed E-state index contributed by atoms with van der Waals surface area (Å²) in [6, 6.07) is 4.28. The minimum absolute atomic E-state index is 0.0405. The Hall–Kier alpha value is -1.54. The molecule has 0 N–H and O–H groups in total. The molecule has 0 spiro atoms. The Morgan fingerprint density at radius 3 is 2.68 bits per heavy atom. The fourth-order valence-electron chi connectivity index (χ4n) is 1.29. The third kappa shape index (κ3) is 3.27. The van der Waals surface area contributed by atoms with Crippen molar-refractivity contribution in [2.75, 3.05) is 0 Å². The van der Waals surface area contributed by atoms with Crippen LogP contribution in [0.1, 0.15) is 0 Å². The van der Waals surface area contributed by atoms with Crippen LogP contribution in [-0.4, -0.2) is 9.91 Å². The molecule has 0 saturated carbocycles. The van der Waals surface area contributed by atoms with E-state index in [1.165, 1.54) is 18.3 Å². The third-order valence-corrected chi connectivity index (χ3v) is 3.59. The van der Waals surface area contributed by atoms with Crippen molar-refractivity contribution >= 4 is 33.4 Å². The van der Waals surface area contributed by atoms with Gasteiger partial charge in [-0.15, -0.1) is 0 Å². The fourth-order valence-corrected chi connectivity index (χ4v) is 2.45. The van der Waals surface area contributed by atoms with Crippen LogP contribution in [0.3, 0.4) is 0 Å². The summed E-state index contributed by atoms with van der Waals surface area (Å²) in [6.07, 6.45) is 1.37. The predicted octanol–water partition coefficient (Wildman–Crippen LogP) is 4.18. The first-order valence-corrected chi connectivity index (χ1v) is 6.51. The van der Waals surface area contributed by atoms with Gasteiger partial charge in [0, 0.05) is 27.7 Å². The summed E-state index contributed by atoms with van der Waals surface area (Å²) in [5, 5.41) is 10.9. The lowest BCUT2D eigenvalue weighted by molar-refractivity contribution is -0.388. The highest BCUT2D eigenvalue weighted by molar-refractivity contribution is 9.10. The first-order chi connectivity index (χ1) is 8.97. The maximum absolute atomic E-state index is 13.5. The molecule has 0 saturated heterocycles. The highest BCUT2D eigenvalue weighted by Crippen LogP contribution is 2.35. The van der Waals surface area contributed by atoms with E-state index in [1.54, 1.807) is 0 Å². The van der Waals surface area contributed by atoms with Crippen molar-refractivity contribution in [2.45, 2.75) is 9.92 Å². The number of nitrogens with zero attached hydrogens (tertiary/aromatic N) is 2. The maximum atomic E-state index is 13.5. The largest absolute Gasteiger partial charge is 0.302 e. The number of aromatic nitrogens is 1. The van der Waals surface area contributed by atoms with E-state index in [2.05, 4.69) is 20.9 Å². The SMILES string of the molecule is O=[N+]([O-])c1cc(Br)cnc1Sc1ccc(F)cc1F. The number of rotatable bonds is 3. The van der Waals surface area contributed by atoms with E-state index in [4.69, 9.17) is 0 Å². The van der Waals surface area contributed by atoms with Gasteiger partial charge in [0.2, 0.25) is 0 Å². The zero-order valence-corrected chi connectivity index (χ0v) is 11.5. The molecule has 0 radical (unpaired) electrons. The number of benzene rings is 1. The third-order valence-electron chi connectivity index (χ3n) is 2.10. The van der Waals surface area contributed by atoms with E-state index in [-0.39, 0.29) is 15.6 Å². The Morgan fingerprint density at radius 1 is 1.32 bits per heavy atom. The molecule has 1 aromatic heterocycles. The standard InChI is InChI=1S/C11H5BrF2N2O2S/c12-6-3-9(16(17)18)11(15-5-6)19-10-2-1-7(13)4-8(10)14/h1-5H. The normalized spacial score (nSPS) is 10.5. The molecule has 8 heteroatoms. The molecule has 2 rings (SSSR count). The molecule has 4 nitrogen and oxygen atoms in total. The average Bonchev–Trinajstić information content (AvgIpc) is 2.34. The number of nitro groups is 1. The highest BCUT2D eigenvalue weighted by Gasteiger charge is 2.18. The number of hydrogen-bond donors (Lipinski definition) is 0. The average molecular weight is 347 g/mol. The molecule has 19 heavy (non-hydrogen) atoms. The lowest BCUT2D eigenvalue weighted by Crippen LogP contribution is -1.94. The molecule has 0 aliphatic rings. The molecule has 0 aliphatic heterocycles. The molecule has 0 aliphatic carbocycles. The summed E-state index contributed by atoms with van der Waals surface area (Å²) >= 11 is 3.85. The topological polar surface area (TPSA) is 56.0 Å². The van der Waals surface area contributed by atoms with Crippen LogP contribution in [0.2, 0.25) is 0 Å². The molecule has 0 amide bonds. The molecule has 0 atom stereocenters. The van der Waals surface area contributed by atoms with E-state index in [0.717, 1.165) is 17.8 Å². The minimum atomic E-state index is -0.788. The van der Waals surface area contributed by atoms with Gasteiger partial charge >= 0.3 is 5.69 Å². The fraction of sp³-hybridized carbons (Fsp3) is 0. The summed E-state index contributed by atoms with van der Waals surface area (Å²) in [7, 11) is 0. The molecule has 0 fully saturated rings. The zero-order chi connectivity index (χ0) is 14.0. The van der Waals surface area contributed by atoms with Gasteiger partial charge in [-0.1, -0.05) is 11.8 Å². The van der Waals surface area contributed by atoms with Crippen LogP contribution in [0.4, 0.5) is 14.5 Å². The van der Waals surface area contributed by atoms with Crippen molar-refractivity contribution in [1.29, 1.82) is 0 Å². The molecule has 2 aromatic rings. The Morgan fingerprint density at radius 2 is 2.05 bits per heavy atom. The van der Waals surface area contributed by atoms with Gasteiger partial charge < -0.3 is 0 Å². The summed E-state index contributed by atoms with van der Waals surface area (Å²) in [6.45, 7) is 0. The smallest absolute Gasteiger partial charge is 0.258 e. The van der Waals surface area contributed by atoms with Gasteiger partial charge in [-0.25, -0.2) is 13.8 Å². The van der Waals surface area contributed by atoms with Crippen molar-refractivity contribution in [1.82, 2.24) is 4.98 Å². The first-order valence-electron chi connectivity index (χ1n) is 4.90. The number of hydrogen-bond acceptors (Lipinski definition) is 4. The van der Waals surface area contributed by atoms with Crippen LogP contribution in [0.5, 0.6) is 0 Å². The second-order valence-electron chi connectivity index (χ2n) is 3.41. The quantitative estimate of drug-likeness (QED) is 0.617. The van der Waals surface area contributed by atoms with Crippen LogP contribution < -0.4 is 0 Å². The molecule has 1 heterocycles. The van der Waals surface area contributed by atoms with Crippen LogP contribution >= 0.6 is 27.7 Å². The minimum Gasteiger partial charge on any atom is -0.258 e. The summed E-state index contributed by atoms with van der Waals surface area (Å²) in [5.41, 5.74) is -0.247. The van der Waals surface area contributed by atoms with Crippen LogP contribution in [0.25, 0.3) is 0 Å². The van der Waals surface area contributed by atoms with Crippen LogP contribution in [0, 0.1) is 21.7 Å². The monoisotopic (exact) mass is 346 g/mol. The Balaban J connectivity index is 2.40. The van der Waals surface area contributed by atoms with Crippen molar-refractivity contribution in [3.8, 4) is 0 Å². The lowest BCUT2D eigenvalue weighted by atomic mass is 10.3. The van der Waals surface area contributed by atoms with Crippen molar-refractivity contribution in [3.05, 3.63) is 56.7 Å². The van der Waals surface area contributed by atoms with Crippen molar-refractivity contribution < 1.29 is 13.7 Å². The van der Waals surface area contributed by atoms with Crippen LogP contribution in [0.15, 0.2) is 44.9 Å². The molecule has 1 aromatic carbocycles. The lowest BCUT2D eigenvalue weighted by Gasteiger charge is -2.03. The van der Waals surface area contributed by atoms with Gasteiger partial charge in [0.05, 0.1) is 4.92 Å². The number of halogens is 3. The molecule has 0 unspecified atom stereocenters. The summed E-state index contributed by atoms with van der Waals surface area (Å²) < 4.78 is 26.7. The van der Waals surface area contributed by atoms with Crippen LogP contribution in [-0.2, 0) is 0 Å². The Labute approximate surface area is 119 Å². The first kappa shape index (κ1) is 13.9. The molecule has 0 bridgehead atoms. The van der Waals surface area contributed by atoms with Gasteiger partial charge in [-0.05, 0) is 28.1 Å².